The molecule has 0 spiro atoms. The van der Waals surface area contributed by atoms with E-state index in [-0.39, 0.29) is 24.1 Å². The summed E-state index contributed by atoms with van der Waals surface area (Å²) in [5.74, 6) is 0.912. The van der Waals surface area contributed by atoms with Crippen molar-refractivity contribution < 1.29 is 9.59 Å². The lowest BCUT2D eigenvalue weighted by atomic mass is 10.1. The lowest BCUT2D eigenvalue weighted by Crippen LogP contribution is -2.50. The van der Waals surface area contributed by atoms with Crippen molar-refractivity contribution in [1.82, 2.24) is 10.2 Å². The third kappa shape index (κ3) is 8.18. The quantitative estimate of drug-likeness (QED) is 0.373. The molecule has 0 aromatic heterocycles. The highest BCUT2D eigenvalue weighted by Crippen LogP contribution is 2.25. The summed E-state index contributed by atoms with van der Waals surface area (Å²) < 4.78 is 0. The molecule has 0 bridgehead atoms. The van der Waals surface area contributed by atoms with E-state index in [9.17, 15) is 9.59 Å². The molecule has 2 rings (SSSR count). The Morgan fingerprint density at radius 3 is 2.38 bits per heavy atom. The second kappa shape index (κ2) is 13.3. The van der Waals surface area contributed by atoms with Gasteiger partial charge in [0, 0.05) is 23.9 Å². The molecule has 2 aromatic carbocycles. The molecule has 0 aliphatic heterocycles. The fraction of sp³-hybridized carbons (Fsp3) is 0.417. The van der Waals surface area contributed by atoms with Crippen molar-refractivity contribution in [3.63, 3.8) is 0 Å². The summed E-state index contributed by atoms with van der Waals surface area (Å²) in [6.07, 6.45) is 0.506. The summed E-state index contributed by atoms with van der Waals surface area (Å²) in [5.41, 5.74) is 1.80. The second-order valence-electron chi connectivity index (χ2n) is 7.92. The number of amides is 2. The summed E-state index contributed by atoms with van der Waals surface area (Å²) in [5, 5.41) is 4.51. The van der Waals surface area contributed by atoms with E-state index in [2.05, 4.69) is 5.32 Å². The van der Waals surface area contributed by atoms with E-state index in [1.807, 2.05) is 51.1 Å². The average Bonchev–Trinajstić information content (AvgIpc) is 2.75. The monoisotopic (exact) mass is 514 g/mol. The highest BCUT2D eigenvalue weighted by atomic mass is 35.5. The van der Waals surface area contributed by atoms with E-state index in [0.29, 0.717) is 39.7 Å². The van der Waals surface area contributed by atoms with Crippen molar-refractivity contribution in [1.29, 1.82) is 0 Å². The van der Waals surface area contributed by atoms with Crippen LogP contribution in [0.5, 0.6) is 0 Å². The fourth-order valence-corrected chi connectivity index (χ4v) is 4.64. The van der Waals surface area contributed by atoms with Crippen molar-refractivity contribution in [2.75, 3.05) is 12.3 Å². The zero-order valence-electron chi connectivity index (χ0n) is 18.5. The Kier molecular flexibility index (Phi) is 11.2. The molecule has 174 valence electrons. The van der Waals surface area contributed by atoms with Crippen molar-refractivity contribution in [3.05, 3.63) is 68.7 Å². The summed E-state index contributed by atoms with van der Waals surface area (Å²) in [7, 11) is 0. The van der Waals surface area contributed by atoms with E-state index in [1.54, 1.807) is 17.0 Å². The highest BCUT2D eigenvalue weighted by molar-refractivity contribution is 7.99. The lowest BCUT2D eigenvalue weighted by Gasteiger charge is -2.31. The Morgan fingerprint density at radius 1 is 1.03 bits per heavy atom. The lowest BCUT2D eigenvalue weighted by molar-refractivity contribution is -0.139. The summed E-state index contributed by atoms with van der Waals surface area (Å²) in [4.78, 5) is 27.8. The van der Waals surface area contributed by atoms with Gasteiger partial charge in [-0.3, -0.25) is 9.59 Å². The zero-order valence-corrected chi connectivity index (χ0v) is 21.6. The summed E-state index contributed by atoms with van der Waals surface area (Å²) >= 11 is 19.9. The van der Waals surface area contributed by atoms with Gasteiger partial charge in [0.2, 0.25) is 11.8 Å². The molecule has 0 fully saturated rings. The van der Waals surface area contributed by atoms with Crippen LogP contribution in [0.25, 0.3) is 0 Å². The van der Waals surface area contributed by atoms with E-state index in [4.69, 9.17) is 34.8 Å². The van der Waals surface area contributed by atoms with Gasteiger partial charge in [0.1, 0.15) is 6.04 Å². The Labute approximate surface area is 210 Å². The van der Waals surface area contributed by atoms with Crippen molar-refractivity contribution in [2.45, 2.75) is 45.5 Å². The van der Waals surface area contributed by atoms with Gasteiger partial charge >= 0.3 is 0 Å². The van der Waals surface area contributed by atoms with Gasteiger partial charge in [0.25, 0.3) is 0 Å². The highest BCUT2D eigenvalue weighted by Gasteiger charge is 2.28. The molecule has 1 unspecified atom stereocenters. The van der Waals surface area contributed by atoms with E-state index in [0.717, 1.165) is 11.1 Å². The van der Waals surface area contributed by atoms with Gasteiger partial charge in [0.15, 0.2) is 0 Å². The zero-order chi connectivity index (χ0) is 23.7. The summed E-state index contributed by atoms with van der Waals surface area (Å²) in [6, 6.07) is 12.3. The van der Waals surface area contributed by atoms with Crippen LogP contribution in [0, 0.1) is 5.92 Å². The van der Waals surface area contributed by atoms with Crippen LogP contribution in [0.2, 0.25) is 15.1 Å². The van der Waals surface area contributed by atoms with Crippen molar-refractivity contribution in [2.24, 2.45) is 5.92 Å². The largest absolute Gasteiger partial charge is 0.354 e. The van der Waals surface area contributed by atoms with E-state index >= 15 is 0 Å². The minimum absolute atomic E-state index is 0.111. The molecule has 0 saturated heterocycles. The van der Waals surface area contributed by atoms with Crippen LogP contribution in [0.1, 0.15) is 38.3 Å². The Bertz CT molecular complexity index is 924. The number of thioether (sulfide) groups is 1. The molecule has 32 heavy (non-hydrogen) atoms. The standard InChI is InChI=1S/C24H29Cl3N2O2S/c1-4-22(24(31)28-12-16(2)3)29(13-17-9-10-20(26)21(27)11-17)23(30)15-32-14-18-7-5-6-8-19(18)25/h5-11,16,22H,4,12-15H2,1-3H3,(H,28,31). The molecule has 0 saturated carbocycles. The predicted octanol–water partition coefficient (Wildman–Crippen LogP) is 6.46. The third-order valence-corrected chi connectivity index (χ3v) is 6.92. The van der Waals surface area contributed by atoms with Crippen LogP contribution < -0.4 is 5.32 Å². The van der Waals surface area contributed by atoms with Gasteiger partial charge in [-0.25, -0.2) is 0 Å². The number of nitrogens with zero attached hydrogens (tertiary/aromatic N) is 1. The molecule has 1 N–H and O–H groups in total. The summed E-state index contributed by atoms with van der Waals surface area (Å²) in [6.45, 7) is 6.81. The smallest absolute Gasteiger partial charge is 0.242 e. The van der Waals surface area contributed by atoms with Crippen LogP contribution in [0.4, 0.5) is 0 Å². The molecule has 0 radical (unpaired) electrons. The first-order valence-electron chi connectivity index (χ1n) is 10.5. The Morgan fingerprint density at radius 2 is 1.75 bits per heavy atom. The van der Waals surface area contributed by atoms with Crippen LogP contribution >= 0.6 is 46.6 Å². The van der Waals surface area contributed by atoms with Crippen molar-refractivity contribution in [3.8, 4) is 0 Å². The number of rotatable bonds is 11. The van der Waals surface area contributed by atoms with Gasteiger partial charge in [-0.1, -0.05) is 79.8 Å². The van der Waals surface area contributed by atoms with Gasteiger partial charge in [0.05, 0.1) is 15.8 Å². The number of benzene rings is 2. The first-order chi connectivity index (χ1) is 15.2. The predicted molar refractivity (Wildman–Crippen MR) is 137 cm³/mol. The van der Waals surface area contributed by atoms with Crippen LogP contribution in [0.3, 0.4) is 0 Å². The molecule has 0 heterocycles. The van der Waals surface area contributed by atoms with Gasteiger partial charge in [-0.05, 0) is 41.7 Å². The molecule has 2 aromatic rings. The van der Waals surface area contributed by atoms with E-state index in [1.165, 1.54) is 11.8 Å². The molecule has 0 aliphatic rings. The van der Waals surface area contributed by atoms with Crippen LogP contribution in [-0.2, 0) is 21.9 Å². The molecule has 4 nitrogen and oxygen atoms in total. The van der Waals surface area contributed by atoms with Gasteiger partial charge < -0.3 is 10.2 Å². The minimum atomic E-state index is -0.573. The molecule has 1 atom stereocenters. The van der Waals surface area contributed by atoms with Crippen molar-refractivity contribution >= 4 is 58.4 Å². The molecular weight excluding hydrogens is 487 g/mol. The number of carbonyl (C=O) groups is 2. The number of hydrogen-bond donors (Lipinski definition) is 1. The second-order valence-corrected chi connectivity index (χ2v) is 10.1. The topological polar surface area (TPSA) is 49.4 Å². The third-order valence-electron chi connectivity index (χ3n) is 4.85. The molecular formula is C24H29Cl3N2O2S. The number of hydrogen-bond acceptors (Lipinski definition) is 3. The molecule has 0 aliphatic carbocycles. The maximum Gasteiger partial charge on any atom is 0.242 e. The fourth-order valence-electron chi connectivity index (χ4n) is 3.12. The maximum atomic E-state index is 13.3. The first kappa shape index (κ1) is 26.8. The molecule has 2 amide bonds. The first-order valence-corrected chi connectivity index (χ1v) is 12.8. The van der Waals surface area contributed by atoms with Crippen LogP contribution in [0.15, 0.2) is 42.5 Å². The SMILES string of the molecule is CCC(C(=O)NCC(C)C)N(Cc1ccc(Cl)c(Cl)c1)C(=O)CSCc1ccccc1Cl. The number of halogens is 3. The number of carbonyl (C=O) groups excluding carboxylic acids is 2. The van der Waals surface area contributed by atoms with Crippen LogP contribution in [-0.4, -0.2) is 35.1 Å². The molecule has 8 heteroatoms. The Hall–Kier alpha value is -1.40. The minimum Gasteiger partial charge on any atom is -0.354 e. The Balaban J connectivity index is 2.16. The number of nitrogens with one attached hydrogen (secondary N) is 1. The van der Waals surface area contributed by atoms with E-state index < -0.39 is 6.04 Å². The average molecular weight is 516 g/mol. The normalized spacial score (nSPS) is 12.0. The maximum absolute atomic E-state index is 13.3. The van der Waals surface area contributed by atoms with Gasteiger partial charge in [-0.2, -0.15) is 0 Å². The van der Waals surface area contributed by atoms with Gasteiger partial charge in [-0.15, -0.1) is 11.8 Å².